The highest BCUT2D eigenvalue weighted by Crippen LogP contribution is 2.06. The smallest absolute Gasteiger partial charge is 0.232 e. The monoisotopic (exact) mass is 378 g/mol. The van der Waals surface area contributed by atoms with Gasteiger partial charge in [-0.3, -0.25) is 19.5 Å². The Hall–Kier alpha value is -2.99. The highest BCUT2D eigenvalue weighted by Gasteiger charge is 2.22. The number of nitrogens with one attached hydrogen (secondary N) is 1. The SMILES string of the molecule is O=C(CC(=O)N1CCN(C/C=C/c2ccccc2)CC1)NCc1ccncc1. The Morgan fingerprint density at radius 2 is 1.71 bits per heavy atom. The van der Waals surface area contributed by atoms with E-state index in [-0.39, 0.29) is 18.2 Å². The minimum atomic E-state index is -0.241. The first kappa shape index (κ1) is 19.8. The number of amides is 2. The number of hydrogen-bond donors (Lipinski definition) is 1. The molecular weight excluding hydrogens is 352 g/mol. The molecular formula is C22H26N4O2. The van der Waals surface area contributed by atoms with Crippen molar-refractivity contribution in [2.24, 2.45) is 0 Å². The number of rotatable bonds is 7. The molecule has 1 saturated heterocycles. The number of carbonyl (C=O) groups excluding carboxylic acids is 2. The van der Waals surface area contributed by atoms with Crippen LogP contribution in [0.5, 0.6) is 0 Å². The van der Waals surface area contributed by atoms with Crippen molar-refractivity contribution in [1.29, 1.82) is 0 Å². The molecule has 2 amide bonds. The molecule has 6 nitrogen and oxygen atoms in total. The maximum atomic E-state index is 12.3. The van der Waals surface area contributed by atoms with Gasteiger partial charge in [-0.1, -0.05) is 42.5 Å². The van der Waals surface area contributed by atoms with E-state index in [0.29, 0.717) is 19.6 Å². The predicted molar refractivity (Wildman–Crippen MR) is 109 cm³/mol. The fourth-order valence-corrected chi connectivity index (χ4v) is 3.09. The first-order chi connectivity index (χ1) is 13.7. The van der Waals surface area contributed by atoms with E-state index in [0.717, 1.165) is 25.2 Å². The maximum Gasteiger partial charge on any atom is 0.232 e. The summed E-state index contributed by atoms with van der Waals surface area (Å²) in [5.74, 6) is -0.346. The van der Waals surface area contributed by atoms with Crippen molar-refractivity contribution in [2.45, 2.75) is 13.0 Å². The summed E-state index contributed by atoms with van der Waals surface area (Å²) in [4.78, 5) is 32.4. The van der Waals surface area contributed by atoms with Gasteiger partial charge in [0.05, 0.1) is 0 Å². The van der Waals surface area contributed by atoms with E-state index in [4.69, 9.17) is 0 Å². The summed E-state index contributed by atoms with van der Waals surface area (Å²) in [6, 6.07) is 13.9. The molecule has 1 aromatic heterocycles. The third-order valence-electron chi connectivity index (χ3n) is 4.75. The molecule has 0 spiro atoms. The Morgan fingerprint density at radius 3 is 2.43 bits per heavy atom. The van der Waals surface area contributed by atoms with Crippen molar-refractivity contribution in [3.8, 4) is 0 Å². The second-order valence-corrected chi connectivity index (χ2v) is 6.80. The van der Waals surface area contributed by atoms with E-state index in [1.807, 2.05) is 30.3 Å². The van der Waals surface area contributed by atoms with Crippen LogP contribution in [0.1, 0.15) is 17.5 Å². The van der Waals surface area contributed by atoms with Gasteiger partial charge >= 0.3 is 0 Å². The fraction of sp³-hybridized carbons (Fsp3) is 0.318. The number of aromatic nitrogens is 1. The van der Waals surface area contributed by atoms with E-state index < -0.39 is 0 Å². The minimum Gasteiger partial charge on any atom is -0.352 e. The van der Waals surface area contributed by atoms with E-state index in [1.54, 1.807) is 17.3 Å². The third kappa shape index (κ3) is 6.32. The molecule has 0 radical (unpaired) electrons. The van der Waals surface area contributed by atoms with Crippen LogP contribution < -0.4 is 5.32 Å². The summed E-state index contributed by atoms with van der Waals surface area (Å²) in [7, 11) is 0. The lowest BCUT2D eigenvalue weighted by Gasteiger charge is -2.34. The van der Waals surface area contributed by atoms with Gasteiger partial charge in [0.1, 0.15) is 6.42 Å². The molecule has 0 aliphatic carbocycles. The standard InChI is InChI=1S/C22H26N4O2/c27-21(24-18-20-8-10-23-11-9-20)17-22(28)26-15-13-25(14-16-26)12-4-7-19-5-2-1-3-6-19/h1-11H,12-18H2,(H,24,27)/b7-4+. The normalized spacial score (nSPS) is 14.9. The van der Waals surface area contributed by atoms with E-state index in [1.165, 1.54) is 5.56 Å². The molecule has 6 heteroatoms. The molecule has 146 valence electrons. The zero-order valence-electron chi connectivity index (χ0n) is 16.0. The average molecular weight is 378 g/mol. The van der Waals surface area contributed by atoms with Crippen LogP contribution in [0, 0.1) is 0 Å². The molecule has 1 fully saturated rings. The van der Waals surface area contributed by atoms with Crippen LogP contribution in [0.4, 0.5) is 0 Å². The fourth-order valence-electron chi connectivity index (χ4n) is 3.09. The topological polar surface area (TPSA) is 65.5 Å². The lowest BCUT2D eigenvalue weighted by atomic mass is 10.2. The number of piperazine rings is 1. The Kier molecular flexibility index (Phi) is 7.32. The second kappa shape index (κ2) is 10.4. The van der Waals surface area contributed by atoms with Gasteiger partial charge in [0.25, 0.3) is 0 Å². The highest BCUT2D eigenvalue weighted by molar-refractivity contribution is 5.96. The molecule has 1 aromatic carbocycles. The zero-order chi connectivity index (χ0) is 19.6. The Bertz CT molecular complexity index is 785. The van der Waals surface area contributed by atoms with Gasteiger partial charge in [0.15, 0.2) is 0 Å². The van der Waals surface area contributed by atoms with E-state index in [9.17, 15) is 9.59 Å². The van der Waals surface area contributed by atoms with Gasteiger partial charge < -0.3 is 10.2 Å². The molecule has 1 N–H and O–H groups in total. The molecule has 3 rings (SSSR count). The van der Waals surface area contributed by atoms with Gasteiger partial charge in [0.2, 0.25) is 11.8 Å². The minimum absolute atomic E-state index is 0.0982. The number of hydrogen-bond acceptors (Lipinski definition) is 4. The van der Waals surface area contributed by atoms with E-state index >= 15 is 0 Å². The Balaban J connectivity index is 1.35. The first-order valence-corrected chi connectivity index (χ1v) is 9.58. The lowest BCUT2D eigenvalue weighted by molar-refractivity contribution is -0.137. The molecule has 2 heterocycles. The van der Waals surface area contributed by atoms with Crippen LogP contribution in [0.15, 0.2) is 60.9 Å². The molecule has 2 aromatic rings. The highest BCUT2D eigenvalue weighted by atomic mass is 16.2. The molecule has 0 unspecified atom stereocenters. The largest absolute Gasteiger partial charge is 0.352 e. The molecule has 28 heavy (non-hydrogen) atoms. The van der Waals surface area contributed by atoms with Gasteiger partial charge in [-0.25, -0.2) is 0 Å². The molecule has 0 atom stereocenters. The van der Waals surface area contributed by atoms with Gasteiger partial charge in [-0.15, -0.1) is 0 Å². The second-order valence-electron chi connectivity index (χ2n) is 6.80. The third-order valence-corrected chi connectivity index (χ3v) is 4.75. The van der Waals surface area contributed by atoms with Crippen molar-refractivity contribution in [3.05, 3.63) is 72.1 Å². The van der Waals surface area contributed by atoms with E-state index in [2.05, 4.69) is 39.5 Å². The van der Waals surface area contributed by atoms with Crippen LogP contribution in [0.25, 0.3) is 6.08 Å². The molecule has 0 bridgehead atoms. The Morgan fingerprint density at radius 1 is 1.00 bits per heavy atom. The van der Waals surface area contributed by atoms with Crippen molar-refractivity contribution in [1.82, 2.24) is 20.1 Å². The first-order valence-electron chi connectivity index (χ1n) is 9.58. The maximum absolute atomic E-state index is 12.3. The summed E-state index contributed by atoms with van der Waals surface area (Å²) in [5.41, 5.74) is 2.15. The average Bonchev–Trinajstić information content (AvgIpc) is 2.74. The number of pyridine rings is 1. The van der Waals surface area contributed by atoms with Crippen LogP contribution in [-0.4, -0.2) is 59.3 Å². The van der Waals surface area contributed by atoms with Crippen LogP contribution in [0.2, 0.25) is 0 Å². The number of nitrogens with zero attached hydrogens (tertiary/aromatic N) is 3. The van der Waals surface area contributed by atoms with Crippen LogP contribution in [-0.2, 0) is 16.1 Å². The van der Waals surface area contributed by atoms with Crippen molar-refractivity contribution >= 4 is 17.9 Å². The summed E-state index contributed by atoms with van der Waals surface area (Å²) in [6.07, 6.45) is 7.53. The van der Waals surface area contributed by atoms with Crippen LogP contribution in [0.3, 0.4) is 0 Å². The predicted octanol–water partition coefficient (Wildman–Crippen LogP) is 1.95. The molecule has 1 aliphatic heterocycles. The van der Waals surface area contributed by atoms with Gasteiger partial charge in [0, 0.05) is 51.7 Å². The molecule has 0 saturated carbocycles. The summed E-state index contributed by atoms with van der Waals surface area (Å²) in [6.45, 7) is 4.25. The van der Waals surface area contributed by atoms with Gasteiger partial charge in [-0.05, 0) is 23.3 Å². The van der Waals surface area contributed by atoms with Crippen molar-refractivity contribution in [2.75, 3.05) is 32.7 Å². The summed E-state index contributed by atoms with van der Waals surface area (Å²) >= 11 is 0. The van der Waals surface area contributed by atoms with Crippen molar-refractivity contribution < 1.29 is 9.59 Å². The summed E-state index contributed by atoms with van der Waals surface area (Å²) in [5, 5.41) is 2.79. The zero-order valence-corrected chi connectivity index (χ0v) is 16.0. The number of carbonyl (C=O) groups is 2. The Labute approximate surface area is 165 Å². The number of benzene rings is 1. The van der Waals surface area contributed by atoms with Gasteiger partial charge in [-0.2, -0.15) is 0 Å². The quantitative estimate of drug-likeness (QED) is 0.748. The molecule has 1 aliphatic rings. The summed E-state index contributed by atoms with van der Waals surface area (Å²) < 4.78 is 0. The van der Waals surface area contributed by atoms with Crippen LogP contribution >= 0.6 is 0 Å². The lowest BCUT2D eigenvalue weighted by Crippen LogP contribution is -2.49. The van der Waals surface area contributed by atoms with Crippen molar-refractivity contribution in [3.63, 3.8) is 0 Å².